The fraction of sp³-hybridized carbons (Fsp3) is 0.727. The van der Waals surface area contributed by atoms with Gasteiger partial charge in [0.15, 0.2) is 0 Å². The highest BCUT2D eigenvalue weighted by molar-refractivity contribution is 5.40. The first-order valence-corrected chi connectivity index (χ1v) is 10.2. The van der Waals surface area contributed by atoms with Gasteiger partial charge in [-0.05, 0) is 97.9 Å². The number of hydrogen-bond acceptors (Lipinski definition) is 3. The first kappa shape index (κ1) is 17.4. The van der Waals surface area contributed by atoms with E-state index < -0.39 is 0 Å². The predicted octanol–water partition coefficient (Wildman–Crippen LogP) is 4.29. The van der Waals surface area contributed by atoms with Gasteiger partial charge in [0.2, 0.25) is 0 Å². The van der Waals surface area contributed by atoms with Crippen molar-refractivity contribution in [1.82, 2.24) is 0 Å². The molecule has 2 N–H and O–H groups in total. The SMILES string of the molecule is COc1ccc2c(c1)CC[C@@H]1[C@@H]2CC[C@]2(C)C(OCCCN)CC[C@@H]12. The molecule has 3 aliphatic rings. The van der Waals surface area contributed by atoms with E-state index in [1.54, 1.807) is 12.7 Å². The molecule has 0 radical (unpaired) electrons. The Morgan fingerprint density at radius 1 is 1.20 bits per heavy atom. The van der Waals surface area contributed by atoms with Gasteiger partial charge in [0, 0.05) is 6.61 Å². The molecule has 0 amide bonds. The standard InChI is InChI=1S/C22H33NO2/c1-22-11-10-18-17-7-5-16(24-2)14-15(17)4-6-19(18)20(22)8-9-21(22)25-13-3-12-23/h5,7,14,18-21H,3-4,6,8-13,23H2,1-2H3/t18-,19-,20+,21?,22+/m1/s1. The minimum atomic E-state index is 0.375. The Bertz CT molecular complexity index is 616. The largest absolute Gasteiger partial charge is 0.497 e. The number of nitrogens with two attached hydrogens (primary N) is 1. The topological polar surface area (TPSA) is 44.5 Å². The van der Waals surface area contributed by atoms with Crippen LogP contribution < -0.4 is 10.5 Å². The van der Waals surface area contributed by atoms with E-state index in [0.717, 1.165) is 43.1 Å². The number of hydrogen-bond donors (Lipinski definition) is 1. The first-order chi connectivity index (χ1) is 12.2. The fourth-order valence-corrected chi connectivity index (χ4v) is 6.22. The molecule has 0 aromatic heterocycles. The average molecular weight is 344 g/mol. The molecule has 0 aliphatic heterocycles. The lowest BCUT2D eigenvalue weighted by molar-refractivity contribution is -0.0639. The Kier molecular flexibility index (Phi) is 4.81. The van der Waals surface area contributed by atoms with Crippen molar-refractivity contribution in [2.75, 3.05) is 20.3 Å². The number of benzene rings is 1. The van der Waals surface area contributed by atoms with Gasteiger partial charge in [-0.1, -0.05) is 13.0 Å². The van der Waals surface area contributed by atoms with E-state index in [1.165, 1.54) is 44.1 Å². The molecule has 25 heavy (non-hydrogen) atoms. The van der Waals surface area contributed by atoms with Crippen LogP contribution >= 0.6 is 0 Å². The van der Waals surface area contributed by atoms with E-state index in [4.69, 9.17) is 15.2 Å². The van der Waals surface area contributed by atoms with E-state index in [-0.39, 0.29) is 0 Å². The quantitative estimate of drug-likeness (QED) is 0.811. The van der Waals surface area contributed by atoms with Gasteiger partial charge in [-0.25, -0.2) is 0 Å². The molecular formula is C22H33NO2. The van der Waals surface area contributed by atoms with Crippen molar-refractivity contribution >= 4 is 0 Å². The van der Waals surface area contributed by atoms with Crippen LogP contribution in [0, 0.1) is 17.3 Å². The minimum absolute atomic E-state index is 0.375. The molecule has 0 bridgehead atoms. The van der Waals surface area contributed by atoms with Gasteiger partial charge in [0.1, 0.15) is 5.75 Å². The van der Waals surface area contributed by atoms with Gasteiger partial charge in [-0.15, -0.1) is 0 Å². The Hall–Kier alpha value is -1.06. The molecule has 3 nitrogen and oxygen atoms in total. The normalized spacial score (nSPS) is 36.4. The lowest BCUT2D eigenvalue weighted by atomic mass is 9.55. The highest BCUT2D eigenvalue weighted by Gasteiger charge is 2.55. The van der Waals surface area contributed by atoms with E-state index in [1.807, 2.05) is 0 Å². The Labute approximate surface area is 152 Å². The molecule has 1 aromatic carbocycles. The summed E-state index contributed by atoms with van der Waals surface area (Å²) in [6.07, 6.45) is 9.17. The van der Waals surface area contributed by atoms with Gasteiger partial charge < -0.3 is 15.2 Å². The molecule has 2 saturated carbocycles. The first-order valence-electron chi connectivity index (χ1n) is 10.2. The molecular weight excluding hydrogens is 310 g/mol. The van der Waals surface area contributed by atoms with Crippen LogP contribution in [0.5, 0.6) is 5.75 Å². The van der Waals surface area contributed by atoms with Gasteiger partial charge >= 0.3 is 0 Å². The van der Waals surface area contributed by atoms with Crippen LogP contribution in [-0.4, -0.2) is 26.4 Å². The maximum atomic E-state index is 6.30. The summed E-state index contributed by atoms with van der Waals surface area (Å²) in [6.45, 7) is 4.08. The maximum Gasteiger partial charge on any atom is 0.119 e. The minimum Gasteiger partial charge on any atom is -0.497 e. The molecule has 0 spiro atoms. The van der Waals surface area contributed by atoms with Crippen LogP contribution in [0.3, 0.4) is 0 Å². The second kappa shape index (κ2) is 6.92. The monoisotopic (exact) mass is 343 g/mol. The van der Waals surface area contributed by atoms with Gasteiger partial charge in [-0.2, -0.15) is 0 Å². The number of fused-ring (bicyclic) bond motifs is 5. The molecule has 4 rings (SSSR count). The number of aryl methyl sites for hydroxylation is 1. The molecule has 5 atom stereocenters. The molecule has 3 aliphatic carbocycles. The summed E-state index contributed by atoms with van der Waals surface area (Å²) in [6, 6.07) is 6.77. The zero-order chi connectivity index (χ0) is 17.4. The molecule has 0 heterocycles. The van der Waals surface area contributed by atoms with E-state index in [9.17, 15) is 0 Å². The van der Waals surface area contributed by atoms with E-state index in [2.05, 4.69) is 25.1 Å². The summed E-state index contributed by atoms with van der Waals surface area (Å²) in [4.78, 5) is 0. The zero-order valence-corrected chi connectivity index (χ0v) is 15.8. The Morgan fingerprint density at radius 3 is 2.88 bits per heavy atom. The van der Waals surface area contributed by atoms with Crippen LogP contribution in [0.4, 0.5) is 0 Å². The Balaban J connectivity index is 1.53. The van der Waals surface area contributed by atoms with Gasteiger partial charge in [-0.3, -0.25) is 0 Å². The van der Waals surface area contributed by atoms with Crippen molar-refractivity contribution in [2.45, 2.75) is 63.9 Å². The van der Waals surface area contributed by atoms with Gasteiger partial charge in [0.05, 0.1) is 13.2 Å². The Morgan fingerprint density at radius 2 is 2.08 bits per heavy atom. The van der Waals surface area contributed by atoms with E-state index in [0.29, 0.717) is 11.5 Å². The highest BCUT2D eigenvalue weighted by atomic mass is 16.5. The molecule has 2 fully saturated rings. The highest BCUT2D eigenvalue weighted by Crippen LogP contribution is 2.61. The molecule has 138 valence electrons. The number of rotatable bonds is 5. The lowest BCUT2D eigenvalue weighted by Crippen LogP contribution is -2.44. The summed E-state index contributed by atoms with van der Waals surface area (Å²) in [5, 5.41) is 0. The second-order valence-electron chi connectivity index (χ2n) is 8.60. The van der Waals surface area contributed by atoms with Crippen molar-refractivity contribution < 1.29 is 9.47 Å². The number of methoxy groups -OCH3 is 1. The van der Waals surface area contributed by atoms with E-state index >= 15 is 0 Å². The van der Waals surface area contributed by atoms with Crippen LogP contribution in [0.2, 0.25) is 0 Å². The zero-order valence-electron chi connectivity index (χ0n) is 15.8. The predicted molar refractivity (Wildman–Crippen MR) is 101 cm³/mol. The molecule has 1 unspecified atom stereocenters. The fourth-order valence-electron chi connectivity index (χ4n) is 6.22. The summed E-state index contributed by atoms with van der Waals surface area (Å²) in [7, 11) is 1.77. The average Bonchev–Trinajstić information content (AvgIpc) is 2.98. The van der Waals surface area contributed by atoms with Crippen LogP contribution in [-0.2, 0) is 11.2 Å². The van der Waals surface area contributed by atoms with Crippen LogP contribution in [0.25, 0.3) is 0 Å². The van der Waals surface area contributed by atoms with Crippen molar-refractivity contribution in [2.24, 2.45) is 23.0 Å². The summed E-state index contributed by atoms with van der Waals surface area (Å²) < 4.78 is 11.7. The van der Waals surface area contributed by atoms with Crippen molar-refractivity contribution in [3.8, 4) is 5.75 Å². The summed E-state index contributed by atoms with van der Waals surface area (Å²) >= 11 is 0. The van der Waals surface area contributed by atoms with Crippen molar-refractivity contribution in [3.05, 3.63) is 29.3 Å². The van der Waals surface area contributed by atoms with Crippen LogP contribution in [0.15, 0.2) is 18.2 Å². The smallest absolute Gasteiger partial charge is 0.119 e. The lowest BCUT2D eigenvalue weighted by Gasteiger charge is -2.50. The van der Waals surface area contributed by atoms with Crippen molar-refractivity contribution in [1.29, 1.82) is 0 Å². The second-order valence-corrected chi connectivity index (χ2v) is 8.60. The van der Waals surface area contributed by atoms with Crippen molar-refractivity contribution in [3.63, 3.8) is 0 Å². The van der Waals surface area contributed by atoms with Crippen LogP contribution in [0.1, 0.15) is 62.5 Å². The summed E-state index contributed by atoms with van der Waals surface area (Å²) in [5.74, 6) is 3.41. The molecule has 3 heteroatoms. The maximum absolute atomic E-state index is 6.30. The third-order valence-electron chi connectivity index (χ3n) is 7.51. The molecule has 1 aromatic rings. The van der Waals surface area contributed by atoms with Gasteiger partial charge in [0.25, 0.3) is 0 Å². The molecule has 0 saturated heterocycles. The third kappa shape index (κ3) is 2.90. The summed E-state index contributed by atoms with van der Waals surface area (Å²) in [5.41, 5.74) is 9.15. The third-order valence-corrected chi connectivity index (χ3v) is 7.51. The number of ether oxygens (including phenoxy) is 2.